The van der Waals surface area contributed by atoms with Crippen LogP contribution in [0.4, 0.5) is 11.7 Å². The van der Waals surface area contributed by atoms with Crippen molar-refractivity contribution in [3.63, 3.8) is 0 Å². The molecule has 5 heteroatoms. The van der Waals surface area contributed by atoms with Crippen molar-refractivity contribution in [1.82, 2.24) is 10.4 Å². The summed E-state index contributed by atoms with van der Waals surface area (Å²) in [4.78, 5) is 1.45. The maximum absolute atomic E-state index is 5.21. The minimum Gasteiger partial charge on any atom is -0.303 e. The molecule has 1 N–H and O–H groups in total. The summed E-state index contributed by atoms with van der Waals surface area (Å²) >= 11 is 0. The fourth-order valence-corrected chi connectivity index (χ4v) is 2.17. The highest BCUT2D eigenvalue weighted by atomic mass is 16.5. The summed E-state index contributed by atoms with van der Waals surface area (Å²) in [6.45, 7) is 4.42. The highest BCUT2D eigenvalue weighted by Crippen LogP contribution is 2.21. The van der Waals surface area contributed by atoms with E-state index in [-0.39, 0.29) is 0 Å². The Hall–Kier alpha value is -2.69. The van der Waals surface area contributed by atoms with Crippen molar-refractivity contribution in [2.75, 3.05) is 5.32 Å². The second-order valence-corrected chi connectivity index (χ2v) is 5.26. The molecule has 0 aliphatic rings. The Bertz CT molecular complexity index is 722. The maximum Gasteiger partial charge on any atom is 0.393 e. The predicted molar refractivity (Wildman–Crippen MR) is 84.3 cm³/mol. The van der Waals surface area contributed by atoms with Gasteiger partial charge in [-0.25, -0.2) is 0 Å². The fraction of sp³-hybridized carbons (Fsp3) is 0.235. The van der Waals surface area contributed by atoms with Crippen LogP contribution in [0.1, 0.15) is 31.7 Å². The summed E-state index contributed by atoms with van der Waals surface area (Å²) in [5.41, 5.74) is 3.11. The largest absolute Gasteiger partial charge is 0.393 e. The van der Waals surface area contributed by atoms with Crippen LogP contribution < -0.4 is 10.1 Å². The minimum atomic E-state index is 0.361. The molecule has 1 aromatic heterocycles. The summed E-state index contributed by atoms with van der Waals surface area (Å²) in [5.74, 6) is 0.567. The maximum atomic E-state index is 5.21. The van der Waals surface area contributed by atoms with Crippen molar-refractivity contribution in [2.24, 2.45) is 0 Å². The molecule has 3 rings (SSSR count). The predicted octanol–water partition coefficient (Wildman–Crippen LogP) is 3.60. The van der Waals surface area contributed by atoms with Crippen LogP contribution in [0.3, 0.4) is 0 Å². The first-order valence-electron chi connectivity index (χ1n) is 7.45. The summed E-state index contributed by atoms with van der Waals surface area (Å²) < 4.78 is 5.21. The third kappa shape index (κ3) is 3.14. The van der Waals surface area contributed by atoms with E-state index in [1.165, 1.54) is 10.4 Å². The average molecular weight is 295 g/mol. The number of benzene rings is 2. The van der Waals surface area contributed by atoms with Crippen molar-refractivity contribution in [3.8, 4) is 5.69 Å². The number of para-hydroxylation sites is 1. The molecule has 0 bridgehead atoms. The SMILES string of the molecule is CCC(C)c1ccc(Nc2n[n+](-c3ccccc3)no2)cc1. The molecule has 112 valence electrons. The molecule has 1 atom stereocenters. The van der Waals surface area contributed by atoms with E-state index in [1.807, 2.05) is 42.5 Å². The van der Waals surface area contributed by atoms with Gasteiger partial charge in [-0.15, -0.1) is 0 Å². The van der Waals surface area contributed by atoms with Gasteiger partial charge in [0.05, 0.1) is 5.10 Å². The van der Waals surface area contributed by atoms with E-state index in [2.05, 4.69) is 41.7 Å². The van der Waals surface area contributed by atoms with E-state index in [0.717, 1.165) is 17.8 Å². The number of nitrogens with one attached hydrogen (secondary N) is 1. The van der Waals surface area contributed by atoms with Crippen molar-refractivity contribution in [3.05, 3.63) is 60.2 Å². The van der Waals surface area contributed by atoms with Gasteiger partial charge in [0.15, 0.2) is 0 Å². The van der Waals surface area contributed by atoms with Gasteiger partial charge >= 0.3 is 6.01 Å². The summed E-state index contributed by atoms with van der Waals surface area (Å²) in [7, 11) is 0. The van der Waals surface area contributed by atoms with Crippen LogP contribution in [0.2, 0.25) is 0 Å². The van der Waals surface area contributed by atoms with E-state index in [4.69, 9.17) is 4.52 Å². The van der Waals surface area contributed by atoms with E-state index in [0.29, 0.717) is 11.9 Å². The molecular formula is C17H19N4O+. The van der Waals surface area contributed by atoms with Crippen LogP contribution in [0, 0.1) is 0 Å². The summed E-state index contributed by atoms with van der Waals surface area (Å²) in [6.07, 6.45) is 1.13. The fourth-order valence-electron chi connectivity index (χ4n) is 2.17. The first kappa shape index (κ1) is 14.3. The molecule has 0 radical (unpaired) electrons. The Kier molecular flexibility index (Phi) is 4.14. The Morgan fingerprint density at radius 1 is 1.09 bits per heavy atom. The van der Waals surface area contributed by atoms with Crippen LogP contribution in [0.25, 0.3) is 5.69 Å². The minimum absolute atomic E-state index is 0.361. The lowest BCUT2D eigenvalue weighted by atomic mass is 9.99. The highest BCUT2D eigenvalue weighted by Gasteiger charge is 2.16. The van der Waals surface area contributed by atoms with Gasteiger partial charge in [0, 0.05) is 17.8 Å². The summed E-state index contributed by atoms with van der Waals surface area (Å²) in [5, 5.41) is 11.3. The second kappa shape index (κ2) is 6.39. The lowest BCUT2D eigenvalue weighted by Gasteiger charge is -2.09. The zero-order valence-electron chi connectivity index (χ0n) is 12.7. The number of anilines is 2. The number of nitrogens with zero attached hydrogens (tertiary/aromatic N) is 3. The zero-order chi connectivity index (χ0) is 15.4. The van der Waals surface area contributed by atoms with Gasteiger partial charge in [0.1, 0.15) is 4.80 Å². The average Bonchev–Trinajstić information content (AvgIpc) is 3.04. The molecule has 0 saturated heterocycles. The Labute approximate surface area is 129 Å². The smallest absolute Gasteiger partial charge is 0.303 e. The summed E-state index contributed by atoms with van der Waals surface area (Å²) in [6, 6.07) is 18.3. The number of rotatable bonds is 5. The Balaban J connectivity index is 1.73. The second-order valence-electron chi connectivity index (χ2n) is 5.26. The molecule has 0 amide bonds. The normalized spacial score (nSPS) is 12.1. The zero-order valence-corrected chi connectivity index (χ0v) is 12.7. The van der Waals surface area contributed by atoms with Gasteiger partial charge in [0.2, 0.25) is 5.27 Å². The Morgan fingerprint density at radius 2 is 1.82 bits per heavy atom. The molecule has 22 heavy (non-hydrogen) atoms. The molecule has 3 aromatic rings. The number of hydrogen-bond acceptors (Lipinski definition) is 4. The third-order valence-electron chi connectivity index (χ3n) is 3.72. The quantitative estimate of drug-likeness (QED) is 0.731. The van der Waals surface area contributed by atoms with Crippen LogP contribution in [0.5, 0.6) is 0 Å². The van der Waals surface area contributed by atoms with Gasteiger partial charge < -0.3 is 5.32 Å². The van der Waals surface area contributed by atoms with E-state index in [9.17, 15) is 0 Å². The van der Waals surface area contributed by atoms with E-state index < -0.39 is 0 Å². The van der Waals surface area contributed by atoms with Crippen molar-refractivity contribution in [1.29, 1.82) is 0 Å². The van der Waals surface area contributed by atoms with Gasteiger partial charge in [0.25, 0.3) is 5.69 Å². The molecule has 1 unspecified atom stereocenters. The molecule has 5 nitrogen and oxygen atoms in total. The first-order chi connectivity index (χ1) is 10.8. The van der Waals surface area contributed by atoms with E-state index >= 15 is 0 Å². The monoisotopic (exact) mass is 295 g/mol. The Morgan fingerprint density at radius 3 is 2.50 bits per heavy atom. The van der Waals surface area contributed by atoms with Gasteiger partial charge in [-0.3, -0.25) is 4.52 Å². The molecule has 0 aliphatic heterocycles. The topological polar surface area (TPSA) is 54.8 Å². The van der Waals surface area contributed by atoms with Crippen molar-refractivity contribution in [2.45, 2.75) is 26.2 Å². The molecule has 0 spiro atoms. The number of aromatic nitrogens is 3. The molecule has 2 aromatic carbocycles. The number of hydrogen-bond donors (Lipinski definition) is 1. The first-order valence-corrected chi connectivity index (χ1v) is 7.45. The highest BCUT2D eigenvalue weighted by molar-refractivity contribution is 5.52. The van der Waals surface area contributed by atoms with Crippen LogP contribution in [-0.2, 0) is 0 Å². The molecular weight excluding hydrogens is 276 g/mol. The van der Waals surface area contributed by atoms with E-state index in [1.54, 1.807) is 0 Å². The molecule has 0 fully saturated rings. The lowest BCUT2D eigenvalue weighted by Crippen LogP contribution is -2.35. The van der Waals surface area contributed by atoms with Crippen molar-refractivity contribution < 1.29 is 9.32 Å². The van der Waals surface area contributed by atoms with Gasteiger partial charge in [-0.05, 0) is 30.0 Å². The van der Waals surface area contributed by atoms with Gasteiger partial charge in [-0.1, -0.05) is 44.2 Å². The lowest BCUT2D eigenvalue weighted by molar-refractivity contribution is -0.724. The molecule has 0 saturated carbocycles. The van der Waals surface area contributed by atoms with Gasteiger partial charge in [-0.2, -0.15) is 0 Å². The van der Waals surface area contributed by atoms with Crippen LogP contribution >= 0.6 is 0 Å². The van der Waals surface area contributed by atoms with Crippen LogP contribution in [-0.4, -0.2) is 10.4 Å². The van der Waals surface area contributed by atoms with Crippen LogP contribution in [0.15, 0.2) is 59.1 Å². The third-order valence-corrected chi connectivity index (χ3v) is 3.72. The molecule has 0 aliphatic carbocycles. The molecule has 1 heterocycles. The van der Waals surface area contributed by atoms with Crippen molar-refractivity contribution >= 4 is 11.7 Å². The standard InChI is InChI=1S/C17H19N4O/c1-3-13(2)14-9-11-15(12-10-14)18-17-19-21(20-22-17)16-7-5-4-6-8-16/h4-13H,3H2,1-2H3,(H,18,19,20)/q+1.